The molecular formula is C22H29N5O4. The molecule has 166 valence electrons. The number of benzene rings is 1. The first-order valence-corrected chi connectivity index (χ1v) is 10.7. The molecule has 0 spiro atoms. The summed E-state index contributed by atoms with van der Waals surface area (Å²) in [5.41, 5.74) is 1.46. The van der Waals surface area contributed by atoms with Crippen LogP contribution in [0.1, 0.15) is 34.5 Å². The molecule has 0 saturated carbocycles. The van der Waals surface area contributed by atoms with Gasteiger partial charge in [-0.1, -0.05) is 35.0 Å². The Bertz CT molecular complexity index is 912. The third-order valence-corrected chi connectivity index (χ3v) is 6.04. The maximum absolute atomic E-state index is 12.6. The highest BCUT2D eigenvalue weighted by Crippen LogP contribution is 2.24. The Morgan fingerprint density at radius 1 is 1.06 bits per heavy atom. The van der Waals surface area contributed by atoms with E-state index in [9.17, 15) is 14.7 Å². The molecular weight excluding hydrogens is 398 g/mol. The zero-order chi connectivity index (χ0) is 21.8. The summed E-state index contributed by atoms with van der Waals surface area (Å²) in [5.74, 6) is -0.0943. The Morgan fingerprint density at radius 3 is 2.42 bits per heavy atom. The first-order valence-electron chi connectivity index (χ1n) is 10.7. The number of hydrogen-bond acceptors (Lipinski definition) is 6. The number of likely N-dealkylation sites (tertiary alicyclic amines) is 1. The summed E-state index contributed by atoms with van der Waals surface area (Å²) in [4.78, 5) is 28.6. The number of nitrogens with zero attached hydrogens (tertiary/aromatic N) is 5. The maximum atomic E-state index is 12.6. The summed E-state index contributed by atoms with van der Waals surface area (Å²) in [6.07, 6.45) is 2.87. The standard InChI is InChI=1S/C22H29N5O4/c1-17-2-4-18(5-3-17)14-20(28)25-8-6-22(30,7-9-25)16-27-15-19(23-24-27)21(29)26-10-12-31-13-11-26/h2-5,15,30H,6-14,16H2,1H3. The van der Waals surface area contributed by atoms with Crippen LogP contribution in [0.5, 0.6) is 0 Å². The highest BCUT2D eigenvalue weighted by Gasteiger charge is 2.35. The summed E-state index contributed by atoms with van der Waals surface area (Å²) < 4.78 is 6.80. The van der Waals surface area contributed by atoms with Crippen LogP contribution >= 0.6 is 0 Å². The van der Waals surface area contributed by atoms with Crippen molar-refractivity contribution in [3.8, 4) is 0 Å². The largest absolute Gasteiger partial charge is 0.388 e. The minimum Gasteiger partial charge on any atom is -0.388 e. The van der Waals surface area contributed by atoms with Crippen LogP contribution in [0.2, 0.25) is 0 Å². The monoisotopic (exact) mass is 427 g/mol. The number of ether oxygens (including phenoxy) is 1. The minimum absolute atomic E-state index is 0.0741. The van der Waals surface area contributed by atoms with Gasteiger partial charge in [-0.25, -0.2) is 4.68 Å². The van der Waals surface area contributed by atoms with Crippen LogP contribution in [-0.4, -0.2) is 86.7 Å². The van der Waals surface area contributed by atoms with Crippen LogP contribution < -0.4 is 0 Å². The highest BCUT2D eigenvalue weighted by molar-refractivity contribution is 5.92. The topological polar surface area (TPSA) is 101 Å². The Labute approximate surface area is 181 Å². The van der Waals surface area contributed by atoms with E-state index in [0.717, 1.165) is 5.56 Å². The van der Waals surface area contributed by atoms with Crippen molar-refractivity contribution in [2.24, 2.45) is 0 Å². The van der Waals surface area contributed by atoms with E-state index in [1.165, 1.54) is 10.2 Å². The summed E-state index contributed by atoms with van der Waals surface area (Å²) in [7, 11) is 0. The van der Waals surface area contributed by atoms with Crippen molar-refractivity contribution in [2.75, 3.05) is 39.4 Å². The number of piperidine rings is 1. The SMILES string of the molecule is Cc1ccc(CC(=O)N2CCC(O)(Cn3cc(C(=O)N4CCOCC4)nn3)CC2)cc1. The van der Waals surface area contributed by atoms with Crippen LogP contribution in [-0.2, 0) is 22.5 Å². The number of carbonyl (C=O) groups excluding carboxylic acids is 2. The van der Waals surface area contributed by atoms with Gasteiger partial charge in [-0.2, -0.15) is 0 Å². The molecule has 0 bridgehead atoms. The van der Waals surface area contributed by atoms with Gasteiger partial charge in [0.25, 0.3) is 5.91 Å². The molecule has 1 aromatic heterocycles. The van der Waals surface area contributed by atoms with Gasteiger partial charge in [0.2, 0.25) is 5.91 Å². The Morgan fingerprint density at radius 2 is 1.74 bits per heavy atom. The normalized spacial score (nSPS) is 18.8. The molecule has 0 unspecified atom stereocenters. The fraction of sp³-hybridized carbons (Fsp3) is 0.545. The average molecular weight is 428 g/mol. The predicted molar refractivity (Wildman–Crippen MR) is 112 cm³/mol. The molecule has 0 radical (unpaired) electrons. The predicted octanol–water partition coefficient (Wildman–Crippen LogP) is 0.655. The van der Waals surface area contributed by atoms with Crippen LogP contribution in [0.3, 0.4) is 0 Å². The van der Waals surface area contributed by atoms with E-state index in [4.69, 9.17) is 4.74 Å². The molecule has 2 fully saturated rings. The smallest absolute Gasteiger partial charge is 0.276 e. The second-order valence-electron chi connectivity index (χ2n) is 8.47. The van der Waals surface area contributed by atoms with Crippen molar-refractivity contribution in [1.82, 2.24) is 24.8 Å². The van der Waals surface area contributed by atoms with Crippen molar-refractivity contribution in [1.29, 1.82) is 0 Å². The third kappa shape index (κ3) is 5.29. The summed E-state index contributed by atoms with van der Waals surface area (Å²) in [6.45, 7) is 5.40. The molecule has 31 heavy (non-hydrogen) atoms. The molecule has 4 rings (SSSR count). The van der Waals surface area contributed by atoms with Crippen molar-refractivity contribution in [3.63, 3.8) is 0 Å². The molecule has 9 nitrogen and oxygen atoms in total. The van der Waals surface area contributed by atoms with E-state index in [1.54, 1.807) is 11.1 Å². The van der Waals surface area contributed by atoms with Gasteiger partial charge in [-0.05, 0) is 25.3 Å². The molecule has 0 atom stereocenters. The van der Waals surface area contributed by atoms with Crippen molar-refractivity contribution in [2.45, 2.75) is 38.3 Å². The fourth-order valence-electron chi connectivity index (χ4n) is 4.03. The number of morpholine rings is 1. The number of aryl methyl sites for hydroxylation is 1. The number of rotatable bonds is 5. The number of aromatic nitrogens is 3. The molecule has 2 saturated heterocycles. The molecule has 2 aliphatic heterocycles. The molecule has 2 amide bonds. The molecule has 2 aromatic rings. The van der Waals surface area contributed by atoms with Crippen LogP contribution in [0, 0.1) is 6.92 Å². The second kappa shape index (κ2) is 9.15. The average Bonchev–Trinajstić information content (AvgIpc) is 3.23. The van der Waals surface area contributed by atoms with E-state index in [1.807, 2.05) is 36.1 Å². The van der Waals surface area contributed by atoms with E-state index in [2.05, 4.69) is 10.3 Å². The molecule has 2 aliphatic rings. The molecule has 1 aromatic carbocycles. The lowest BCUT2D eigenvalue weighted by Crippen LogP contribution is -2.49. The number of aliphatic hydroxyl groups is 1. The van der Waals surface area contributed by atoms with E-state index in [0.29, 0.717) is 58.7 Å². The van der Waals surface area contributed by atoms with Crippen molar-refractivity contribution >= 4 is 11.8 Å². The number of carbonyl (C=O) groups is 2. The summed E-state index contributed by atoms with van der Waals surface area (Å²) >= 11 is 0. The zero-order valence-electron chi connectivity index (χ0n) is 17.9. The van der Waals surface area contributed by atoms with E-state index < -0.39 is 5.60 Å². The van der Waals surface area contributed by atoms with Gasteiger partial charge in [-0.3, -0.25) is 9.59 Å². The Kier molecular flexibility index (Phi) is 6.33. The summed E-state index contributed by atoms with van der Waals surface area (Å²) in [5, 5.41) is 19.0. The minimum atomic E-state index is -0.979. The van der Waals surface area contributed by atoms with Crippen LogP contribution in [0.25, 0.3) is 0 Å². The van der Waals surface area contributed by atoms with Crippen molar-refractivity contribution < 1.29 is 19.4 Å². The lowest BCUT2D eigenvalue weighted by atomic mass is 9.91. The fourth-order valence-corrected chi connectivity index (χ4v) is 4.03. The first-order chi connectivity index (χ1) is 14.9. The highest BCUT2D eigenvalue weighted by atomic mass is 16.5. The van der Waals surface area contributed by atoms with Crippen LogP contribution in [0.4, 0.5) is 0 Å². The van der Waals surface area contributed by atoms with Gasteiger partial charge in [-0.15, -0.1) is 5.10 Å². The van der Waals surface area contributed by atoms with Crippen molar-refractivity contribution in [3.05, 3.63) is 47.3 Å². The lowest BCUT2D eigenvalue weighted by molar-refractivity contribution is -0.135. The first kappa shape index (κ1) is 21.5. The number of hydrogen-bond donors (Lipinski definition) is 1. The Hall–Kier alpha value is -2.78. The summed E-state index contributed by atoms with van der Waals surface area (Å²) in [6, 6.07) is 7.98. The maximum Gasteiger partial charge on any atom is 0.276 e. The van der Waals surface area contributed by atoms with E-state index >= 15 is 0 Å². The molecule has 9 heteroatoms. The zero-order valence-corrected chi connectivity index (χ0v) is 17.9. The lowest BCUT2D eigenvalue weighted by Gasteiger charge is -2.38. The second-order valence-corrected chi connectivity index (χ2v) is 8.47. The van der Waals surface area contributed by atoms with Gasteiger partial charge in [0.1, 0.15) is 0 Å². The molecule has 1 N–H and O–H groups in total. The molecule has 0 aliphatic carbocycles. The van der Waals surface area contributed by atoms with Crippen LogP contribution in [0.15, 0.2) is 30.5 Å². The van der Waals surface area contributed by atoms with Gasteiger partial charge in [0.05, 0.1) is 38.0 Å². The van der Waals surface area contributed by atoms with Gasteiger partial charge in [0, 0.05) is 26.2 Å². The van der Waals surface area contributed by atoms with Gasteiger partial charge in [0.15, 0.2) is 5.69 Å². The van der Waals surface area contributed by atoms with Gasteiger partial charge >= 0.3 is 0 Å². The quantitative estimate of drug-likeness (QED) is 0.752. The molecule has 3 heterocycles. The third-order valence-electron chi connectivity index (χ3n) is 6.04. The van der Waals surface area contributed by atoms with E-state index in [-0.39, 0.29) is 24.1 Å². The Balaban J connectivity index is 1.29. The number of amides is 2. The van der Waals surface area contributed by atoms with Gasteiger partial charge < -0.3 is 19.6 Å².